The van der Waals surface area contributed by atoms with E-state index >= 15 is 0 Å². The van der Waals surface area contributed by atoms with Crippen LogP contribution in [0.25, 0.3) is 11.0 Å². The van der Waals surface area contributed by atoms with Crippen LogP contribution in [0, 0.1) is 5.92 Å². The zero-order chi connectivity index (χ0) is 14.8. The van der Waals surface area contributed by atoms with Crippen molar-refractivity contribution in [3.8, 4) is 0 Å². The number of aliphatic hydroxyl groups excluding tert-OH is 1. The highest BCUT2D eigenvalue weighted by Crippen LogP contribution is 2.26. The fourth-order valence-corrected chi connectivity index (χ4v) is 3.08. The van der Waals surface area contributed by atoms with E-state index in [0.717, 1.165) is 30.2 Å². The van der Waals surface area contributed by atoms with E-state index in [1.165, 1.54) is 0 Å². The molecule has 1 aliphatic carbocycles. The summed E-state index contributed by atoms with van der Waals surface area (Å²) in [6.07, 6.45) is 3.34. The number of nitrogens with one attached hydrogen (secondary N) is 1. The highest BCUT2D eigenvalue weighted by molar-refractivity contribution is 5.91. The second-order valence-electron chi connectivity index (χ2n) is 5.65. The van der Waals surface area contributed by atoms with Crippen LogP contribution in [0.1, 0.15) is 35.4 Å². The predicted molar refractivity (Wildman–Crippen MR) is 78.2 cm³/mol. The van der Waals surface area contributed by atoms with Crippen molar-refractivity contribution in [2.75, 3.05) is 6.61 Å². The summed E-state index contributed by atoms with van der Waals surface area (Å²) in [7, 11) is 0. The Kier molecular flexibility index (Phi) is 3.94. The average molecular weight is 289 g/mol. The summed E-state index contributed by atoms with van der Waals surface area (Å²) in [5.41, 5.74) is 1.68. The standard InChI is InChI=1S/C16H19NO4/c18-9-11-2-1-3-13(11)17-8-10-4-5-14-12(6-10)7-15(21-14)16(19)20/h4-7,11,13,17-18H,1-3,8-9H2,(H,19,20). The molecule has 0 spiro atoms. The zero-order valence-electron chi connectivity index (χ0n) is 11.7. The quantitative estimate of drug-likeness (QED) is 0.787. The Morgan fingerprint density at radius 2 is 2.19 bits per heavy atom. The number of fused-ring (bicyclic) bond motifs is 1. The number of aliphatic hydroxyl groups is 1. The van der Waals surface area contributed by atoms with Crippen LogP contribution < -0.4 is 5.32 Å². The van der Waals surface area contributed by atoms with E-state index in [0.29, 0.717) is 24.1 Å². The first-order valence-corrected chi connectivity index (χ1v) is 7.27. The van der Waals surface area contributed by atoms with Crippen molar-refractivity contribution in [2.24, 2.45) is 5.92 Å². The molecule has 21 heavy (non-hydrogen) atoms. The Morgan fingerprint density at radius 1 is 1.33 bits per heavy atom. The van der Waals surface area contributed by atoms with Crippen LogP contribution in [0.5, 0.6) is 0 Å². The number of benzene rings is 1. The van der Waals surface area contributed by atoms with Crippen molar-refractivity contribution in [1.82, 2.24) is 5.32 Å². The van der Waals surface area contributed by atoms with Gasteiger partial charge in [0.2, 0.25) is 5.76 Å². The molecule has 2 aromatic rings. The summed E-state index contributed by atoms with van der Waals surface area (Å²) >= 11 is 0. The van der Waals surface area contributed by atoms with Gasteiger partial charge in [-0.3, -0.25) is 0 Å². The molecule has 5 heteroatoms. The fourth-order valence-electron chi connectivity index (χ4n) is 3.08. The summed E-state index contributed by atoms with van der Waals surface area (Å²) < 4.78 is 5.24. The second-order valence-corrected chi connectivity index (χ2v) is 5.65. The maximum absolute atomic E-state index is 10.9. The molecular weight excluding hydrogens is 270 g/mol. The van der Waals surface area contributed by atoms with Gasteiger partial charge in [0.15, 0.2) is 0 Å². The van der Waals surface area contributed by atoms with Crippen molar-refractivity contribution in [3.05, 3.63) is 35.6 Å². The predicted octanol–water partition coefficient (Wildman–Crippen LogP) is 2.38. The van der Waals surface area contributed by atoms with Gasteiger partial charge in [-0.25, -0.2) is 4.79 Å². The van der Waals surface area contributed by atoms with Crippen molar-refractivity contribution >= 4 is 16.9 Å². The van der Waals surface area contributed by atoms with Crippen LogP contribution in [0.15, 0.2) is 28.7 Å². The molecule has 0 radical (unpaired) electrons. The van der Waals surface area contributed by atoms with E-state index in [2.05, 4.69) is 5.32 Å². The van der Waals surface area contributed by atoms with Crippen LogP contribution >= 0.6 is 0 Å². The molecule has 1 aliphatic rings. The Bertz CT molecular complexity index is 649. The maximum atomic E-state index is 10.9. The number of hydrogen-bond donors (Lipinski definition) is 3. The number of aromatic carboxylic acids is 1. The molecule has 1 fully saturated rings. The third kappa shape index (κ3) is 2.94. The van der Waals surface area contributed by atoms with E-state index in [1.54, 1.807) is 12.1 Å². The lowest BCUT2D eigenvalue weighted by atomic mass is 10.0. The van der Waals surface area contributed by atoms with Crippen LogP contribution in [0.3, 0.4) is 0 Å². The van der Waals surface area contributed by atoms with Crippen molar-refractivity contribution < 1.29 is 19.4 Å². The zero-order valence-corrected chi connectivity index (χ0v) is 11.7. The first-order chi connectivity index (χ1) is 10.2. The van der Waals surface area contributed by atoms with Gasteiger partial charge in [0, 0.05) is 24.6 Å². The topological polar surface area (TPSA) is 82.7 Å². The summed E-state index contributed by atoms with van der Waals surface area (Å²) in [6.45, 7) is 0.949. The second kappa shape index (κ2) is 5.87. The molecule has 0 bridgehead atoms. The lowest BCUT2D eigenvalue weighted by molar-refractivity contribution is 0.0665. The molecule has 0 aliphatic heterocycles. The van der Waals surface area contributed by atoms with Gasteiger partial charge >= 0.3 is 5.97 Å². The average Bonchev–Trinajstić information content (AvgIpc) is 3.10. The lowest BCUT2D eigenvalue weighted by Crippen LogP contribution is -2.33. The van der Waals surface area contributed by atoms with Gasteiger partial charge in [-0.1, -0.05) is 12.5 Å². The van der Waals surface area contributed by atoms with Gasteiger partial charge in [0.25, 0.3) is 0 Å². The number of rotatable bonds is 5. The third-order valence-corrected chi connectivity index (χ3v) is 4.25. The van der Waals surface area contributed by atoms with Gasteiger partial charge in [0.05, 0.1) is 0 Å². The van der Waals surface area contributed by atoms with Crippen molar-refractivity contribution in [1.29, 1.82) is 0 Å². The van der Waals surface area contributed by atoms with Gasteiger partial charge in [0.1, 0.15) is 5.58 Å². The first kappa shape index (κ1) is 14.1. The summed E-state index contributed by atoms with van der Waals surface area (Å²) in [5.74, 6) is -0.741. The number of hydrogen-bond acceptors (Lipinski definition) is 4. The minimum Gasteiger partial charge on any atom is -0.475 e. The first-order valence-electron chi connectivity index (χ1n) is 7.27. The molecular formula is C16H19NO4. The Morgan fingerprint density at radius 3 is 2.95 bits per heavy atom. The van der Waals surface area contributed by atoms with Crippen LogP contribution in [0.4, 0.5) is 0 Å². The Labute approximate surface area is 122 Å². The monoisotopic (exact) mass is 289 g/mol. The lowest BCUT2D eigenvalue weighted by Gasteiger charge is -2.19. The Balaban J connectivity index is 1.71. The molecule has 1 aromatic carbocycles. The molecule has 2 atom stereocenters. The largest absolute Gasteiger partial charge is 0.475 e. The molecule has 1 aromatic heterocycles. The number of carboxylic acid groups (broad SMARTS) is 1. The maximum Gasteiger partial charge on any atom is 0.371 e. The molecule has 112 valence electrons. The molecule has 2 unspecified atom stereocenters. The molecule has 0 amide bonds. The molecule has 1 heterocycles. The van der Waals surface area contributed by atoms with E-state index in [9.17, 15) is 9.90 Å². The van der Waals surface area contributed by atoms with Crippen LogP contribution in [0.2, 0.25) is 0 Å². The molecule has 3 rings (SSSR count). The van der Waals surface area contributed by atoms with Crippen LogP contribution in [-0.2, 0) is 6.54 Å². The number of furan rings is 1. The van der Waals surface area contributed by atoms with Gasteiger partial charge in [-0.2, -0.15) is 0 Å². The highest BCUT2D eigenvalue weighted by atomic mass is 16.4. The van der Waals surface area contributed by atoms with Gasteiger partial charge < -0.3 is 19.9 Å². The van der Waals surface area contributed by atoms with E-state index in [4.69, 9.17) is 9.52 Å². The van der Waals surface area contributed by atoms with Gasteiger partial charge in [-0.15, -0.1) is 0 Å². The summed E-state index contributed by atoms with van der Waals surface area (Å²) in [6, 6.07) is 7.60. The molecule has 0 saturated heterocycles. The molecule has 3 N–H and O–H groups in total. The minimum absolute atomic E-state index is 0.0359. The number of carbonyl (C=O) groups is 1. The van der Waals surface area contributed by atoms with Crippen LogP contribution in [-0.4, -0.2) is 28.8 Å². The summed E-state index contributed by atoms with van der Waals surface area (Å²) in [4.78, 5) is 10.9. The van der Waals surface area contributed by atoms with E-state index < -0.39 is 5.97 Å². The van der Waals surface area contributed by atoms with E-state index in [1.807, 2.05) is 12.1 Å². The SMILES string of the molecule is O=C(O)c1cc2cc(CNC3CCCC3CO)ccc2o1. The van der Waals surface area contributed by atoms with Gasteiger partial charge in [-0.05, 0) is 42.5 Å². The highest BCUT2D eigenvalue weighted by Gasteiger charge is 2.25. The fraction of sp³-hybridized carbons (Fsp3) is 0.438. The molecule has 1 saturated carbocycles. The van der Waals surface area contributed by atoms with Crippen molar-refractivity contribution in [3.63, 3.8) is 0 Å². The number of carboxylic acids is 1. The third-order valence-electron chi connectivity index (χ3n) is 4.25. The molecule has 5 nitrogen and oxygen atoms in total. The van der Waals surface area contributed by atoms with Crippen molar-refractivity contribution in [2.45, 2.75) is 31.8 Å². The normalized spacial score (nSPS) is 22.0. The van der Waals surface area contributed by atoms with E-state index in [-0.39, 0.29) is 12.4 Å². The minimum atomic E-state index is -1.05. The Hall–Kier alpha value is -1.85. The summed E-state index contributed by atoms with van der Waals surface area (Å²) in [5, 5.41) is 22.5. The smallest absolute Gasteiger partial charge is 0.371 e.